The highest BCUT2D eigenvalue weighted by Crippen LogP contribution is 2.32. The summed E-state index contributed by atoms with van der Waals surface area (Å²) in [4.78, 5) is 14.6. The molecule has 1 amide bonds. The summed E-state index contributed by atoms with van der Waals surface area (Å²) in [7, 11) is 1.61. The van der Waals surface area contributed by atoms with E-state index in [2.05, 4.69) is 22.5 Å². The van der Waals surface area contributed by atoms with Gasteiger partial charge in [0.05, 0.1) is 19.3 Å². The van der Waals surface area contributed by atoms with Crippen LogP contribution in [0.1, 0.15) is 6.92 Å². The fourth-order valence-corrected chi connectivity index (χ4v) is 3.59. The van der Waals surface area contributed by atoms with Crippen molar-refractivity contribution >= 4 is 11.6 Å². The molecule has 114 valence electrons. The molecular weight excluding hydrogens is 266 g/mol. The fourth-order valence-electron chi connectivity index (χ4n) is 3.59. The Bertz CT molecular complexity index is 520. The first kappa shape index (κ1) is 14.4. The molecule has 2 N–H and O–H groups in total. The van der Waals surface area contributed by atoms with E-state index in [1.807, 2.05) is 24.3 Å². The van der Waals surface area contributed by atoms with Crippen molar-refractivity contribution in [2.45, 2.75) is 13.0 Å². The van der Waals surface area contributed by atoms with E-state index in [-0.39, 0.29) is 5.91 Å². The predicted molar refractivity (Wildman–Crippen MR) is 82.5 cm³/mol. The second-order valence-corrected chi connectivity index (χ2v) is 6.00. The first-order valence-corrected chi connectivity index (χ1v) is 7.56. The van der Waals surface area contributed by atoms with Crippen LogP contribution in [-0.4, -0.2) is 50.1 Å². The minimum atomic E-state index is 0.0271. The van der Waals surface area contributed by atoms with Gasteiger partial charge >= 0.3 is 0 Å². The molecule has 2 heterocycles. The van der Waals surface area contributed by atoms with Crippen LogP contribution >= 0.6 is 0 Å². The third-order valence-electron chi connectivity index (χ3n) is 4.78. The van der Waals surface area contributed by atoms with Crippen LogP contribution in [0, 0.1) is 11.8 Å². The van der Waals surface area contributed by atoms with Gasteiger partial charge in [0.2, 0.25) is 5.91 Å². The topological polar surface area (TPSA) is 53.6 Å². The van der Waals surface area contributed by atoms with Crippen LogP contribution in [0.3, 0.4) is 0 Å². The number of ether oxygens (including phenoxy) is 1. The van der Waals surface area contributed by atoms with E-state index in [4.69, 9.17) is 4.74 Å². The molecule has 0 aromatic heterocycles. The van der Waals surface area contributed by atoms with E-state index >= 15 is 0 Å². The summed E-state index contributed by atoms with van der Waals surface area (Å²) in [6.07, 6.45) is 0. The molecule has 2 saturated heterocycles. The SMILES string of the molecule is COc1ccccc1NC(=O)CN1CC2CNCC2C1C. The normalized spacial score (nSPS) is 28.4. The fraction of sp³-hybridized carbons (Fsp3) is 0.562. The van der Waals surface area contributed by atoms with Crippen molar-refractivity contribution in [3.8, 4) is 5.75 Å². The summed E-state index contributed by atoms with van der Waals surface area (Å²) in [5.41, 5.74) is 0.735. The lowest BCUT2D eigenvalue weighted by Gasteiger charge is -2.23. The lowest BCUT2D eigenvalue weighted by Crippen LogP contribution is -2.38. The van der Waals surface area contributed by atoms with Crippen LogP contribution in [0.15, 0.2) is 24.3 Å². The standard InChI is InChI=1S/C16H23N3O2/c1-11-13-8-17-7-12(13)9-19(11)10-16(20)18-14-5-3-4-6-15(14)21-2/h3-6,11-13,17H,7-10H2,1-2H3,(H,18,20). The van der Waals surface area contributed by atoms with Crippen LogP contribution in [0.5, 0.6) is 5.75 Å². The van der Waals surface area contributed by atoms with E-state index in [0.717, 1.165) is 25.3 Å². The zero-order valence-electron chi connectivity index (χ0n) is 12.6. The summed E-state index contributed by atoms with van der Waals surface area (Å²) in [5.74, 6) is 2.10. The number of methoxy groups -OCH3 is 1. The number of likely N-dealkylation sites (tertiary alicyclic amines) is 1. The van der Waals surface area contributed by atoms with Gasteiger partial charge in [-0.15, -0.1) is 0 Å². The lowest BCUT2D eigenvalue weighted by molar-refractivity contribution is -0.117. The maximum Gasteiger partial charge on any atom is 0.238 e. The van der Waals surface area contributed by atoms with Gasteiger partial charge in [-0.25, -0.2) is 0 Å². The average Bonchev–Trinajstić information content (AvgIpc) is 3.04. The van der Waals surface area contributed by atoms with Crippen molar-refractivity contribution in [3.05, 3.63) is 24.3 Å². The number of nitrogens with zero attached hydrogens (tertiary/aromatic N) is 1. The number of rotatable bonds is 4. The molecule has 1 aromatic carbocycles. The molecule has 3 unspecified atom stereocenters. The Morgan fingerprint density at radius 3 is 3.00 bits per heavy atom. The summed E-state index contributed by atoms with van der Waals surface area (Å²) >= 11 is 0. The highest BCUT2D eigenvalue weighted by atomic mass is 16.5. The van der Waals surface area contributed by atoms with Crippen molar-refractivity contribution in [1.29, 1.82) is 0 Å². The molecule has 5 heteroatoms. The van der Waals surface area contributed by atoms with E-state index < -0.39 is 0 Å². The average molecular weight is 289 g/mol. The van der Waals surface area contributed by atoms with E-state index in [1.165, 1.54) is 0 Å². The maximum absolute atomic E-state index is 12.3. The number of amides is 1. The smallest absolute Gasteiger partial charge is 0.238 e. The number of fused-ring (bicyclic) bond motifs is 1. The Morgan fingerprint density at radius 2 is 2.24 bits per heavy atom. The molecule has 3 rings (SSSR count). The van der Waals surface area contributed by atoms with Crippen molar-refractivity contribution in [2.24, 2.45) is 11.8 Å². The highest BCUT2D eigenvalue weighted by molar-refractivity contribution is 5.93. The summed E-state index contributed by atoms with van der Waals surface area (Å²) in [6, 6.07) is 7.97. The number of nitrogens with one attached hydrogen (secondary N) is 2. The third-order valence-corrected chi connectivity index (χ3v) is 4.78. The van der Waals surface area contributed by atoms with Crippen LogP contribution < -0.4 is 15.4 Å². The molecule has 21 heavy (non-hydrogen) atoms. The second kappa shape index (κ2) is 6.03. The van der Waals surface area contributed by atoms with E-state index in [9.17, 15) is 4.79 Å². The molecule has 0 bridgehead atoms. The number of anilines is 1. The Labute approximate surface area is 125 Å². The predicted octanol–water partition coefficient (Wildman–Crippen LogP) is 1.17. The molecule has 0 spiro atoms. The van der Waals surface area contributed by atoms with Crippen LogP contribution in [-0.2, 0) is 4.79 Å². The maximum atomic E-state index is 12.3. The van der Waals surface area contributed by atoms with Crippen LogP contribution in [0.25, 0.3) is 0 Å². The number of benzene rings is 1. The first-order valence-electron chi connectivity index (χ1n) is 7.56. The van der Waals surface area contributed by atoms with Gasteiger partial charge in [-0.1, -0.05) is 12.1 Å². The number of carbonyl (C=O) groups excluding carboxylic acids is 1. The van der Waals surface area contributed by atoms with Crippen molar-refractivity contribution in [2.75, 3.05) is 38.6 Å². The zero-order valence-corrected chi connectivity index (χ0v) is 12.6. The van der Waals surface area contributed by atoms with Gasteiger partial charge in [-0.3, -0.25) is 9.69 Å². The van der Waals surface area contributed by atoms with Gasteiger partial charge in [-0.2, -0.15) is 0 Å². The van der Waals surface area contributed by atoms with Crippen molar-refractivity contribution in [3.63, 3.8) is 0 Å². The second-order valence-electron chi connectivity index (χ2n) is 6.00. The van der Waals surface area contributed by atoms with Gasteiger partial charge in [0, 0.05) is 12.6 Å². The molecule has 0 radical (unpaired) electrons. The van der Waals surface area contributed by atoms with E-state index in [1.54, 1.807) is 7.11 Å². The number of hydrogen-bond acceptors (Lipinski definition) is 4. The lowest BCUT2D eigenvalue weighted by atomic mass is 9.95. The Morgan fingerprint density at radius 1 is 1.43 bits per heavy atom. The van der Waals surface area contributed by atoms with Gasteiger partial charge in [-0.05, 0) is 44.0 Å². The minimum Gasteiger partial charge on any atom is -0.495 e. The van der Waals surface area contributed by atoms with Crippen LogP contribution in [0.4, 0.5) is 5.69 Å². The zero-order chi connectivity index (χ0) is 14.8. The van der Waals surface area contributed by atoms with Gasteiger partial charge in [0.1, 0.15) is 5.75 Å². The van der Waals surface area contributed by atoms with Crippen molar-refractivity contribution in [1.82, 2.24) is 10.2 Å². The third kappa shape index (κ3) is 2.89. The van der Waals surface area contributed by atoms with Gasteiger partial charge in [0.25, 0.3) is 0 Å². The molecule has 1 aromatic rings. The number of para-hydroxylation sites is 2. The molecular formula is C16H23N3O2. The Balaban J connectivity index is 1.60. The van der Waals surface area contributed by atoms with E-state index in [0.29, 0.717) is 30.2 Å². The van der Waals surface area contributed by atoms with Gasteiger partial charge < -0.3 is 15.4 Å². The van der Waals surface area contributed by atoms with Crippen LogP contribution in [0.2, 0.25) is 0 Å². The summed E-state index contributed by atoms with van der Waals surface area (Å²) in [6.45, 7) is 5.86. The van der Waals surface area contributed by atoms with Crippen molar-refractivity contribution < 1.29 is 9.53 Å². The Kier molecular flexibility index (Phi) is 4.12. The summed E-state index contributed by atoms with van der Waals surface area (Å²) in [5, 5.41) is 6.39. The minimum absolute atomic E-state index is 0.0271. The molecule has 2 aliphatic rings. The Hall–Kier alpha value is -1.59. The largest absolute Gasteiger partial charge is 0.495 e. The number of carbonyl (C=O) groups is 1. The molecule has 2 fully saturated rings. The van der Waals surface area contributed by atoms with Gasteiger partial charge in [0.15, 0.2) is 0 Å². The molecule has 3 atom stereocenters. The molecule has 5 nitrogen and oxygen atoms in total. The first-order chi connectivity index (χ1) is 10.2. The quantitative estimate of drug-likeness (QED) is 0.874. The molecule has 0 aliphatic carbocycles. The molecule has 0 saturated carbocycles. The highest BCUT2D eigenvalue weighted by Gasteiger charge is 2.42. The molecule has 2 aliphatic heterocycles. The summed E-state index contributed by atoms with van der Waals surface area (Å²) < 4.78 is 5.26. The monoisotopic (exact) mass is 289 g/mol. The number of hydrogen-bond donors (Lipinski definition) is 2.